The van der Waals surface area contributed by atoms with E-state index in [2.05, 4.69) is 31.3 Å². The number of carbonyl (C=O) groups is 2. The van der Waals surface area contributed by atoms with Gasteiger partial charge >= 0.3 is 5.97 Å². The number of hydrogen-bond acceptors (Lipinski definition) is 5. The molecule has 6 nitrogen and oxygen atoms in total. The lowest BCUT2D eigenvalue weighted by atomic mass is 10.0. The number of amides is 1. The van der Waals surface area contributed by atoms with Crippen LogP contribution < -0.4 is 5.32 Å². The summed E-state index contributed by atoms with van der Waals surface area (Å²) in [4.78, 5) is 24.7. The van der Waals surface area contributed by atoms with Crippen LogP contribution in [0.5, 0.6) is 0 Å². The number of unbranched alkanes of at least 4 members (excludes halogenated alkanes) is 56. The van der Waals surface area contributed by atoms with Gasteiger partial charge in [0.15, 0.2) is 0 Å². The van der Waals surface area contributed by atoms with Gasteiger partial charge in [-0.3, -0.25) is 9.59 Å². The van der Waals surface area contributed by atoms with Crippen molar-refractivity contribution in [3.05, 3.63) is 12.2 Å². The van der Waals surface area contributed by atoms with Crippen molar-refractivity contribution in [2.75, 3.05) is 13.2 Å². The summed E-state index contributed by atoms with van der Waals surface area (Å²) in [7, 11) is 0. The first kappa shape index (κ1) is 77.6. The smallest absolute Gasteiger partial charge is 0.305 e. The third kappa shape index (κ3) is 65.6. The second-order valence-corrected chi connectivity index (χ2v) is 25.3. The van der Waals surface area contributed by atoms with Gasteiger partial charge in [0.1, 0.15) is 0 Å². The molecule has 0 aromatic heterocycles. The minimum atomic E-state index is -0.665. The van der Waals surface area contributed by atoms with Crippen molar-refractivity contribution in [3.8, 4) is 0 Å². The SMILES string of the molecule is CCCCCCCCC/C=C\CCCCCCCCCC(=O)OCCCCCCCCCCCCCCCCCCCCCCCCC(=O)NC(CO)C(O)CCCCCCCCCCCCCCCCCCCCCCCC. The Labute approximate surface area is 495 Å². The van der Waals surface area contributed by atoms with Crippen molar-refractivity contribution in [3.63, 3.8) is 0 Å². The number of aliphatic hydroxyl groups excluding tert-OH is 2. The van der Waals surface area contributed by atoms with Crippen LogP contribution in [0.15, 0.2) is 12.2 Å². The van der Waals surface area contributed by atoms with Crippen LogP contribution in [0.1, 0.15) is 418 Å². The zero-order valence-electron chi connectivity index (χ0n) is 53.9. The number of ether oxygens (including phenoxy) is 1. The molecule has 79 heavy (non-hydrogen) atoms. The normalized spacial score (nSPS) is 12.5. The molecule has 0 bridgehead atoms. The highest BCUT2D eigenvalue weighted by molar-refractivity contribution is 5.76. The number of esters is 1. The summed E-state index contributed by atoms with van der Waals surface area (Å²) in [6.45, 7) is 5.00. The molecule has 0 radical (unpaired) electrons. The van der Waals surface area contributed by atoms with Gasteiger partial charge in [-0.25, -0.2) is 0 Å². The Morgan fingerprint density at radius 1 is 0.342 bits per heavy atom. The average molecular weight is 1110 g/mol. The molecule has 6 heteroatoms. The molecular weight excluding hydrogens is 971 g/mol. The molecule has 1 amide bonds. The van der Waals surface area contributed by atoms with E-state index in [1.54, 1.807) is 0 Å². The van der Waals surface area contributed by atoms with E-state index >= 15 is 0 Å². The summed E-state index contributed by atoms with van der Waals surface area (Å²) in [6, 6.07) is -0.542. The Kier molecular flexibility index (Phi) is 67.9. The Hall–Kier alpha value is -1.40. The second-order valence-electron chi connectivity index (χ2n) is 25.3. The van der Waals surface area contributed by atoms with Crippen LogP contribution in [0.3, 0.4) is 0 Å². The third-order valence-electron chi connectivity index (χ3n) is 17.3. The zero-order chi connectivity index (χ0) is 57.1. The molecule has 470 valence electrons. The predicted molar refractivity (Wildman–Crippen MR) is 347 cm³/mol. The van der Waals surface area contributed by atoms with Crippen molar-refractivity contribution < 1.29 is 24.5 Å². The van der Waals surface area contributed by atoms with E-state index in [1.807, 2.05) is 0 Å². The van der Waals surface area contributed by atoms with Crippen LogP contribution in [0.4, 0.5) is 0 Å². The van der Waals surface area contributed by atoms with Gasteiger partial charge in [0.25, 0.3) is 0 Å². The van der Waals surface area contributed by atoms with Crippen molar-refractivity contribution in [1.82, 2.24) is 5.32 Å². The minimum Gasteiger partial charge on any atom is -0.466 e. The van der Waals surface area contributed by atoms with E-state index in [0.29, 0.717) is 25.9 Å². The summed E-state index contributed by atoms with van der Waals surface area (Å²) < 4.78 is 5.51. The first-order valence-electron chi connectivity index (χ1n) is 36.4. The summed E-state index contributed by atoms with van der Waals surface area (Å²) >= 11 is 0. The van der Waals surface area contributed by atoms with Crippen molar-refractivity contribution in [1.29, 1.82) is 0 Å². The van der Waals surface area contributed by atoms with Gasteiger partial charge in [-0.1, -0.05) is 366 Å². The summed E-state index contributed by atoms with van der Waals surface area (Å²) in [6.07, 6.45) is 85.5. The zero-order valence-corrected chi connectivity index (χ0v) is 53.9. The van der Waals surface area contributed by atoms with Gasteiger partial charge in [-0.2, -0.15) is 0 Å². The molecule has 0 aliphatic rings. The van der Waals surface area contributed by atoms with Crippen LogP contribution >= 0.6 is 0 Å². The number of rotatable bonds is 69. The van der Waals surface area contributed by atoms with Crippen molar-refractivity contribution in [2.24, 2.45) is 0 Å². The van der Waals surface area contributed by atoms with Crippen LogP contribution in [0.2, 0.25) is 0 Å². The van der Waals surface area contributed by atoms with Gasteiger partial charge < -0.3 is 20.3 Å². The Morgan fingerprint density at radius 2 is 0.595 bits per heavy atom. The fourth-order valence-corrected chi connectivity index (χ4v) is 11.8. The predicted octanol–water partition coefficient (Wildman–Crippen LogP) is 23.5. The number of aliphatic hydroxyl groups is 2. The van der Waals surface area contributed by atoms with E-state index in [4.69, 9.17) is 4.74 Å². The minimum absolute atomic E-state index is 0.0118. The number of hydrogen-bond donors (Lipinski definition) is 3. The maximum absolute atomic E-state index is 12.6. The molecule has 0 heterocycles. The first-order chi connectivity index (χ1) is 39.0. The molecule has 0 saturated heterocycles. The van der Waals surface area contributed by atoms with Crippen molar-refractivity contribution in [2.45, 2.75) is 431 Å². The molecule has 2 atom stereocenters. The number of allylic oxidation sites excluding steroid dienone is 2. The van der Waals surface area contributed by atoms with E-state index < -0.39 is 12.1 Å². The maximum atomic E-state index is 12.6. The Bertz CT molecular complexity index is 1190. The number of carbonyl (C=O) groups excluding carboxylic acids is 2. The maximum Gasteiger partial charge on any atom is 0.305 e. The second kappa shape index (κ2) is 69.1. The number of nitrogens with one attached hydrogen (secondary N) is 1. The van der Waals surface area contributed by atoms with E-state index in [-0.39, 0.29) is 18.5 Å². The molecule has 0 aromatic rings. The molecule has 0 spiro atoms. The van der Waals surface area contributed by atoms with Gasteiger partial charge in [0.2, 0.25) is 5.91 Å². The largest absolute Gasteiger partial charge is 0.466 e. The van der Waals surface area contributed by atoms with Crippen LogP contribution in [0, 0.1) is 0 Å². The van der Waals surface area contributed by atoms with Gasteiger partial charge in [-0.15, -0.1) is 0 Å². The molecular formula is C73H143NO5. The standard InChI is InChI=1S/C73H143NO5/c1-3-5-7-9-11-13-15-17-19-21-23-24-27-30-33-37-41-45-49-53-57-61-65-71(76)70(69-75)74-72(77)66-62-58-54-50-46-42-38-34-31-28-25-26-29-32-36-40-44-48-52-56-60-64-68-79-73(78)67-63-59-55-51-47-43-39-35-22-20-18-16-14-12-10-8-6-4-2/h20,22,70-71,75-76H,3-19,21,23-69H2,1-2H3,(H,74,77)/b22-20-. The monoisotopic (exact) mass is 1110 g/mol. The molecule has 0 aromatic carbocycles. The van der Waals surface area contributed by atoms with Gasteiger partial charge in [0.05, 0.1) is 25.4 Å². The lowest BCUT2D eigenvalue weighted by Gasteiger charge is -2.22. The molecule has 0 aliphatic carbocycles. The third-order valence-corrected chi connectivity index (χ3v) is 17.3. The average Bonchev–Trinajstić information content (AvgIpc) is 3.45. The molecule has 2 unspecified atom stereocenters. The highest BCUT2D eigenvalue weighted by Gasteiger charge is 2.20. The topological polar surface area (TPSA) is 95.9 Å². The van der Waals surface area contributed by atoms with Gasteiger partial charge in [-0.05, 0) is 51.4 Å². The molecule has 0 saturated carbocycles. The van der Waals surface area contributed by atoms with E-state index in [1.165, 1.54) is 340 Å². The fourth-order valence-electron chi connectivity index (χ4n) is 11.8. The highest BCUT2D eigenvalue weighted by Crippen LogP contribution is 2.19. The first-order valence-corrected chi connectivity index (χ1v) is 36.4. The van der Waals surface area contributed by atoms with Crippen LogP contribution in [-0.4, -0.2) is 47.4 Å². The lowest BCUT2D eigenvalue weighted by molar-refractivity contribution is -0.143. The quantitative estimate of drug-likeness (QED) is 0.0320. The summed E-state index contributed by atoms with van der Waals surface area (Å²) in [5.41, 5.74) is 0. The lowest BCUT2D eigenvalue weighted by Crippen LogP contribution is -2.45. The van der Waals surface area contributed by atoms with Gasteiger partial charge in [0, 0.05) is 12.8 Å². The van der Waals surface area contributed by atoms with Crippen LogP contribution in [0.25, 0.3) is 0 Å². The summed E-state index contributed by atoms with van der Waals surface area (Å²) in [5.74, 6) is -0.0181. The Balaban J connectivity index is 3.37. The molecule has 0 aliphatic heterocycles. The Morgan fingerprint density at radius 3 is 0.899 bits per heavy atom. The van der Waals surface area contributed by atoms with E-state index in [0.717, 1.165) is 44.9 Å². The van der Waals surface area contributed by atoms with Crippen LogP contribution in [-0.2, 0) is 14.3 Å². The van der Waals surface area contributed by atoms with E-state index in [9.17, 15) is 19.8 Å². The molecule has 3 N–H and O–H groups in total. The van der Waals surface area contributed by atoms with Crippen molar-refractivity contribution >= 4 is 11.9 Å². The highest BCUT2D eigenvalue weighted by atomic mass is 16.5. The molecule has 0 fully saturated rings. The summed E-state index contributed by atoms with van der Waals surface area (Å²) in [5, 5.41) is 23.4. The molecule has 0 rings (SSSR count). The fraction of sp³-hybridized carbons (Fsp3) is 0.945.